The molecule has 1 unspecified atom stereocenters. The lowest BCUT2D eigenvalue weighted by Crippen LogP contribution is -2.29. The average molecular weight is 378 g/mol. The molecule has 4 nitrogen and oxygen atoms in total. The third kappa shape index (κ3) is 4.41. The van der Waals surface area contributed by atoms with Crippen LogP contribution in [0.3, 0.4) is 0 Å². The molecule has 1 heterocycles. The van der Waals surface area contributed by atoms with E-state index in [9.17, 15) is 9.59 Å². The van der Waals surface area contributed by atoms with Gasteiger partial charge < -0.3 is 10.1 Å². The fourth-order valence-corrected chi connectivity index (χ4v) is 4.16. The fourth-order valence-electron chi connectivity index (χ4n) is 2.84. The first-order valence-corrected chi connectivity index (χ1v) is 9.62. The van der Waals surface area contributed by atoms with Crippen molar-refractivity contribution < 1.29 is 14.3 Å². The molecule has 2 aromatic rings. The molecule has 0 spiro atoms. The highest BCUT2D eigenvalue weighted by molar-refractivity contribution is 7.14. The molecule has 0 fully saturated rings. The molecule has 3 rings (SSSR count). The van der Waals surface area contributed by atoms with E-state index in [4.69, 9.17) is 16.3 Å². The predicted molar refractivity (Wildman–Crippen MR) is 101 cm³/mol. The molecule has 0 saturated heterocycles. The van der Waals surface area contributed by atoms with Crippen molar-refractivity contribution in [3.8, 4) is 0 Å². The molecule has 0 aliphatic heterocycles. The first kappa shape index (κ1) is 18.0. The first-order valence-electron chi connectivity index (χ1n) is 8.42. The summed E-state index contributed by atoms with van der Waals surface area (Å²) in [5.41, 5.74) is 1.75. The third-order valence-electron chi connectivity index (χ3n) is 4.23. The second-order valence-corrected chi connectivity index (χ2v) is 7.68. The van der Waals surface area contributed by atoms with Gasteiger partial charge in [-0.3, -0.25) is 4.79 Å². The Morgan fingerprint density at radius 2 is 1.96 bits per heavy atom. The van der Waals surface area contributed by atoms with Crippen molar-refractivity contribution in [1.82, 2.24) is 0 Å². The summed E-state index contributed by atoms with van der Waals surface area (Å²) < 4.78 is 5.34. The number of para-hydroxylation sites is 1. The average Bonchev–Trinajstić information content (AvgIpc) is 2.88. The highest BCUT2D eigenvalue weighted by Crippen LogP contribution is 2.29. The van der Waals surface area contributed by atoms with Gasteiger partial charge in [0.2, 0.25) is 0 Å². The number of halogens is 1. The number of thiophene rings is 1. The molecule has 132 valence electrons. The number of benzene rings is 1. The maximum absolute atomic E-state index is 12.4. The lowest BCUT2D eigenvalue weighted by molar-refractivity contribution is -0.123. The maximum atomic E-state index is 12.4. The van der Waals surface area contributed by atoms with Crippen LogP contribution in [0, 0.1) is 0 Å². The number of carbonyl (C=O) groups is 2. The van der Waals surface area contributed by atoms with Crippen molar-refractivity contribution in [2.45, 2.75) is 45.1 Å². The van der Waals surface area contributed by atoms with Crippen LogP contribution < -0.4 is 5.32 Å². The van der Waals surface area contributed by atoms with Gasteiger partial charge in [-0.05, 0) is 56.4 Å². The number of hydrogen-bond acceptors (Lipinski definition) is 4. The Morgan fingerprint density at radius 1 is 1.20 bits per heavy atom. The third-order valence-corrected chi connectivity index (χ3v) is 5.78. The van der Waals surface area contributed by atoms with Crippen LogP contribution >= 0.6 is 22.9 Å². The largest absolute Gasteiger partial charge is 0.448 e. The van der Waals surface area contributed by atoms with Crippen LogP contribution in [-0.4, -0.2) is 18.0 Å². The molecule has 0 bridgehead atoms. The monoisotopic (exact) mass is 377 g/mol. The van der Waals surface area contributed by atoms with Gasteiger partial charge in [0.05, 0.1) is 10.7 Å². The molecule has 6 heteroatoms. The molecular weight excluding hydrogens is 358 g/mol. The zero-order chi connectivity index (χ0) is 17.8. The highest BCUT2D eigenvalue weighted by atomic mass is 35.5. The smallest absolute Gasteiger partial charge is 0.349 e. The van der Waals surface area contributed by atoms with Crippen LogP contribution in [0.4, 0.5) is 5.69 Å². The standard InChI is InChI=1S/C19H20ClNO3S/c1-12(18(22)21-15-9-6-5-8-14(15)20)24-19(23)17-11-13-7-3-2-4-10-16(13)25-17/h5-6,8-9,11-12H,2-4,7,10H2,1H3,(H,21,22). The summed E-state index contributed by atoms with van der Waals surface area (Å²) in [5.74, 6) is -0.848. The summed E-state index contributed by atoms with van der Waals surface area (Å²) in [6.07, 6.45) is 4.71. The summed E-state index contributed by atoms with van der Waals surface area (Å²) in [5, 5.41) is 3.12. The van der Waals surface area contributed by atoms with Crippen LogP contribution in [0.1, 0.15) is 46.3 Å². The summed E-state index contributed by atoms with van der Waals surface area (Å²) in [6.45, 7) is 1.56. The predicted octanol–water partition coefficient (Wildman–Crippen LogP) is 4.85. The summed E-state index contributed by atoms with van der Waals surface area (Å²) >= 11 is 7.51. The van der Waals surface area contributed by atoms with E-state index < -0.39 is 18.0 Å². The molecular formula is C19H20ClNO3S. The topological polar surface area (TPSA) is 55.4 Å². The van der Waals surface area contributed by atoms with Crippen LogP contribution in [0.25, 0.3) is 0 Å². The minimum absolute atomic E-state index is 0.403. The number of amides is 1. The van der Waals surface area contributed by atoms with Gasteiger partial charge in [-0.15, -0.1) is 11.3 Å². The van der Waals surface area contributed by atoms with Gasteiger partial charge in [0.1, 0.15) is 4.88 Å². The van der Waals surface area contributed by atoms with Crippen molar-refractivity contribution >= 4 is 40.5 Å². The lowest BCUT2D eigenvalue weighted by Gasteiger charge is -2.13. The minimum Gasteiger partial charge on any atom is -0.448 e. The Labute approximate surface area is 156 Å². The Balaban J connectivity index is 1.62. The quantitative estimate of drug-likeness (QED) is 0.611. The number of carbonyl (C=O) groups excluding carboxylic acids is 2. The molecule has 1 aliphatic rings. The van der Waals surface area contributed by atoms with Gasteiger partial charge in [0, 0.05) is 4.88 Å². The zero-order valence-corrected chi connectivity index (χ0v) is 15.6. The van der Waals surface area contributed by atoms with Gasteiger partial charge in [-0.25, -0.2) is 4.79 Å². The lowest BCUT2D eigenvalue weighted by atomic mass is 10.1. The van der Waals surface area contributed by atoms with E-state index in [0.29, 0.717) is 15.6 Å². The van der Waals surface area contributed by atoms with E-state index in [0.717, 1.165) is 19.3 Å². The molecule has 1 aromatic carbocycles. The van der Waals surface area contributed by atoms with Gasteiger partial charge in [-0.1, -0.05) is 30.2 Å². The summed E-state index contributed by atoms with van der Waals surface area (Å²) in [4.78, 5) is 26.4. The molecule has 1 aliphatic carbocycles. The molecule has 0 saturated carbocycles. The van der Waals surface area contributed by atoms with Gasteiger partial charge in [0.15, 0.2) is 6.10 Å². The maximum Gasteiger partial charge on any atom is 0.349 e. The summed E-state index contributed by atoms with van der Waals surface area (Å²) in [7, 11) is 0. The summed E-state index contributed by atoms with van der Waals surface area (Å²) in [6, 6.07) is 8.86. The molecule has 1 aromatic heterocycles. The van der Waals surface area contributed by atoms with E-state index in [-0.39, 0.29) is 0 Å². The van der Waals surface area contributed by atoms with Gasteiger partial charge >= 0.3 is 5.97 Å². The SMILES string of the molecule is CC(OC(=O)c1cc2c(s1)CCCCC2)C(=O)Nc1ccccc1Cl. The van der Waals surface area contributed by atoms with Gasteiger partial charge in [0.25, 0.3) is 5.91 Å². The zero-order valence-electron chi connectivity index (χ0n) is 14.0. The van der Waals surface area contributed by atoms with E-state index >= 15 is 0 Å². The Kier molecular flexibility index (Phi) is 5.76. The van der Waals surface area contributed by atoms with E-state index in [1.807, 2.05) is 6.07 Å². The number of ether oxygens (including phenoxy) is 1. The first-order chi connectivity index (χ1) is 12.0. The minimum atomic E-state index is -0.898. The van der Waals surface area contributed by atoms with Crippen LogP contribution in [0.2, 0.25) is 5.02 Å². The van der Waals surface area contributed by atoms with Crippen molar-refractivity contribution in [1.29, 1.82) is 0 Å². The Bertz CT molecular complexity index is 763. The Morgan fingerprint density at radius 3 is 2.76 bits per heavy atom. The second-order valence-electron chi connectivity index (χ2n) is 6.14. The number of esters is 1. The van der Waals surface area contributed by atoms with E-state index in [1.165, 1.54) is 34.6 Å². The van der Waals surface area contributed by atoms with Crippen molar-refractivity contribution in [2.24, 2.45) is 0 Å². The van der Waals surface area contributed by atoms with Gasteiger partial charge in [-0.2, -0.15) is 0 Å². The number of hydrogen-bond donors (Lipinski definition) is 1. The van der Waals surface area contributed by atoms with Crippen molar-refractivity contribution in [3.63, 3.8) is 0 Å². The molecule has 1 amide bonds. The Hall–Kier alpha value is -1.85. The van der Waals surface area contributed by atoms with Crippen LogP contribution in [0.15, 0.2) is 30.3 Å². The van der Waals surface area contributed by atoms with E-state index in [1.54, 1.807) is 31.2 Å². The van der Waals surface area contributed by atoms with Crippen molar-refractivity contribution in [2.75, 3.05) is 5.32 Å². The van der Waals surface area contributed by atoms with E-state index in [2.05, 4.69) is 5.32 Å². The molecule has 1 atom stereocenters. The van der Waals surface area contributed by atoms with Crippen LogP contribution in [0.5, 0.6) is 0 Å². The molecule has 1 N–H and O–H groups in total. The number of nitrogens with one attached hydrogen (secondary N) is 1. The number of aryl methyl sites for hydroxylation is 2. The van der Waals surface area contributed by atoms with Crippen molar-refractivity contribution in [3.05, 3.63) is 50.7 Å². The molecule has 25 heavy (non-hydrogen) atoms. The fraction of sp³-hybridized carbons (Fsp3) is 0.368. The molecule has 0 radical (unpaired) electrons. The number of fused-ring (bicyclic) bond motifs is 1. The number of anilines is 1. The highest BCUT2D eigenvalue weighted by Gasteiger charge is 2.22. The second kappa shape index (κ2) is 8.02. The van der Waals surface area contributed by atoms with Crippen LogP contribution in [-0.2, 0) is 22.4 Å². The normalized spacial score (nSPS) is 15.0. The number of rotatable bonds is 4.